The van der Waals surface area contributed by atoms with Gasteiger partial charge in [0.15, 0.2) is 0 Å². The van der Waals surface area contributed by atoms with Crippen LogP contribution in [0.25, 0.3) is 5.69 Å². The molecule has 17 heavy (non-hydrogen) atoms. The largest absolute Gasteiger partial charge is 0.392 e. The highest BCUT2D eigenvalue weighted by Gasteiger charge is 2.15. The molecule has 0 fully saturated rings. The van der Waals surface area contributed by atoms with E-state index in [0.717, 1.165) is 27.1 Å². The van der Waals surface area contributed by atoms with Crippen LogP contribution in [-0.2, 0) is 6.61 Å². The summed E-state index contributed by atoms with van der Waals surface area (Å²) in [5, 5.41) is 14.4. The van der Waals surface area contributed by atoms with Gasteiger partial charge in [0.25, 0.3) is 0 Å². The molecule has 0 aliphatic carbocycles. The molecule has 5 heteroatoms. The third-order valence-corrected chi connectivity index (χ3v) is 4.11. The average molecular weight is 316 g/mol. The lowest BCUT2D eigenvalue weighted by atomic mass is 10.2. The molecule has 1 aromatic carbocycles. The Morgan fingerprint density at radius 3 is 2.65 bits per heavy atom. The molecule has 0 saturated heterocycles. The van der Waals surface area contributed by atoms with Crippen LogP contribution in [0.15, 0.2) is 22.7 Å². The van der Waals surface area contributed by atoms with E-state index in [-0.39, 0.29) is 6.61 Å². The maximum absolute atomic E-state index is 9.36. The van der Waals surface area contributed by atoms with Gasteiger partial charge in [-0.3, -0.25) is 0 Å². The molecule has 0 amide bonds. The van der Waals surface area contributed by atoms with Crippen molar-refractivity contribution in [1.29, 1.82) is 0 Å². The predicted octanol–water partition coefficient (Wildman–Crippen LogP) is 3.40. The SMILES string of the molecule is Cc1nn(-c2c(Cl)cccc2CO)c(C)c1Br. The minimum absolute atomic E-state index is 0.0636. The summed E-state index contributed by atoms with van der Waals surface area (Å²) in [6, 6.07) is 5.45. The van der Waals surface area contributed by atoms with E-state index in [0.29, 0.717) is 5.02 Å². The normalized spacial score (nSPS) is 10.9. The maximum Gasteiger partial charge on any atom is 0.0890 e. The minimum Gasteiger partial charge on any atom is -0.392 e. The molecular weight excluding hydrogens is 304 g/mol. The van der Waals surface area contributed by atoms with Crippen molar-refractivity contribution in [2.45, 2.75) is 20.5 Å². The highest BCUT2D eigenvalue weighted by molar-refractivity contribution is 9.10. The quantitative estimate of drug-likeness (QED) is 0.922. The van der Waals surface area contributed by atoms with Crippen LogP contribution in [0.2, 0.25) is 5.02 Å². The molecule has 1 N–H and O–H groups in total. The summed E-state index contributed by atoms with van der Waals surface area (Å²) in [6.07, 6.45) is 0. The van der Waals surface area contributed by atoms with Gasteiger partial charge in [0.1, 0.15) is 0 Å². The zero-order chi connectivity index (χ0) is 12.6. The lowest BCUT2D eigenvalue weighted by Gasteiger charge is -2.11. The summed E-state index contributed by atoms with van der Waals surface area (Å²) in [4.78, 5) is 0. The summed E-state index contributed by atoms with van der Waals surface area (Å²) in [5.41, 5.74) is 3.36. The molecule has 90 valence electrons. The summed E-state index contributed by atoms with van der Waals surface area (Å²) >= 11 is 9.67. The van der Waals surface area contributed by atoms with Crippen LogP contribution in [0.1, 0.15) is 17.0 Å². The van der Waals surface area contributed by atoms with E-state index < -0.39 is 0 Å². The number of nitrogens with zero attached hydrogens (tertiary/aromatic N) is 2. The molecule has 0 atom stereocenters. The van der Waals surface area contributed by atoms with Gasteiger partial charge in [0, 0.05) is 5.56 Å². The first-order chi connectivity index (χ1) is 8.06. The van der Waals surface area contributed by atoms with Crippen molar-refractivity contribution in [1.82, 2.24) is 9.78 Å². The molecule has 1 aromatic heterocycles. The number of aliphatic hydroxyl groups is 1. The van der Waals surface area contributed by atoms with E-state index in [1.165, 1.54) is 0 Å². The fourth-order valence-corrected chi connectivity index (χ4v) is 2.29. The van der Waals surface area contributed by atoms with Crippen molar-refractivity contribution in [2.75, 3.05) is 0 Å². The first-order valence-corrected chi connectivity index (χ1v) is 6.33. The molecule has 0 aliphatic rings. The topological polar surface area (TPSA) is 38.0 Å². The van der Waals surface area contributed by atoms with E-state index >= 15 is 0 Å². The van der Waals surface area contributed by atoms with Gasteiger partial charge in [-0.2, -0.15) is 5.10 Å². The Morgan fingerprint density at radius 1 is 1.41 bits per heavy atom. The maximum atomic E-state index is 9.36. The fourth-order valence-electron chi connectivity index (χ4n) is 1.77. The molecule has 0 unspecified atom stereocenters. The van der Waals surface area contributed by atoms with Gasteiger partial charge in [-0.05, 0) is 35.8 Å². The lowest BCUT2D eigenvalue weighted by Crippen LogP contribution is -2.04. The second-order valence-corrected chi connectivity index (χ2v) is 5.00. The molecule has 3 nitrogen and oxygen atoms in total. The van der Waals surface area contributed by atoms with Crippen molar-refractivity contribution < 1.29 is 5.11 Å². The Balaban J connectivity index is 2.72. The van der Waals surface area contributed by atoms with E-state index in [1.54, 1.807) is 10.7 Å². The number of hydrogen-bond acceptors (Lipinski definition) is 2. The van der Waals surface area contributed by atoms with Gasteiger partial charge < -0.3 is 5.11 Å². The number of para-hydroxylation sites is 1. The zero-order valence-electron chi connectivity index (χ0n) is 9.54. The molecule has 1 heterocycles. The van der Waals surface area contributed by atoms with Crippen molar-refractivity contribution >= 4 is 27.5 Å². The Labute approximate surface area is 113 Å². The summed E-state index contributed by atoms with van der Waals surface area (Å²) in [5.74, 6) is 0. The standard InChI is InChI=1S/C12H12BrClN2O/c1-7-11(13)8(2)16(15-7)12-9(6-17)4-3-5-10(12)14/h3-5,17H,6H2,1-2H3. The monoisotopic (exact) mass is 314 g/mol. The van der Waals surface area contributed by atoms with Crippen molar-refractivity contribution in [3.8, 4) is 5.69 Å². The fraction of sp³-hybridized carbons (Fsp3) is 0.250. The van der Waals surface area contributed by atoms with Crippen LogP contribution in [0.4, 0.5) is 0 Å². The third kappa shape index (κ3) is 2.12. The number of aliphatic hydroxyl groups excluding tert-OH is 1. The first kappa shape index (κ1) is 12.6. The Morgan fingerprint density at radius 2 is 2.12 bits per heavy atom. The Hall–Kier alpha value is -0.840. The van der Waals surface area contributed by atoms with Crippen LogP contribution in [0.5, 0.6) is 0 Å². The molecule has 0 saturated carbocycles. The summed E-state index contributed by atoms with van der Waals surface area (Å²) in [6.45, 7) is 3.81. The van der Waals surface area contributed by atoms with Crippen molar-refractivity contribution in [2.24, 2.45) is 0 Å². The lowest BCUT2D eigenvalue weighted by molar-refractivity contribution is 0.281. The smallest absolute Gasteiger partial charge is 0.0890 e. The van der Waals surface area contributed by atoms with Crippen LogP contribution >= 0.6 is 27.5 Å². The molecular formula is C12H12BrClN2O. The first-order valence-electron chi connectivity index (χ1n) is 5.16. The van der Waals surface area contributed by atoms with E-state index in [4.69, 9.17) is 11.6 Å². The van der Waals surface area contributed by atoms with Gasteiger partial charge in [-0.15, -0.1) is 0 Å². The van der Waals surface area contributed by atoms with Gasteiger partial charge in [-0.1, -0.05) is 23.7 Å². The molecule has 2 rings (SSSR count). The molecule has 0 bridgehead atoms. The molecule has 0 aliphatic heterocycles. The van der Waals surface area contributed by atoms with Crippen molar-refractivity contribution in [3.63, 3.8) is 0 Å². The number of benzene rings is 1. The highest BCUT2D eigenvalue weighted by Crippen LogP contribution is 2.29. The number of aromatic nitrogens is 2. The van der Waals surface area contributed by atoms with Crippen LogP contribution in [-0.4, -0.2) is 14.9 Å². The highest BCUT2D eigenvalue weighted by atomic mass is 79.9. The second-order valence-electron chi connectivity index (χ2n) is 3.80. The van der Waals surface area contributed by atoms with E-state index in [9.17, 15) is 5.11 Å². The molecule has 2 aromatic rings. The number of halogens is 2. The van der Waals surface area contributed by atoms with Gasteiger partial charge in [0.05, 0.1) is 33.2 Å². The minimum atomic E-state index is -0.0636. The summed E-state index contributed by atoms with van der Waals surface area (Å²) in [7, 11) is 0. The van der Waals surface area contributed by atoms with Crippen LogP contribution in [0.3, 0.4) is 0 Å². The number of rotatable bonds is 2. The second kappa shape index (κ2) is 4.80. The molecule has 0 spiro atoms. The number of hydrogen-bond donors (Lipinski definition) is 1. The van der Waals surface area contributed by atoms with E-state index in [2.05, 4.69) is 21.0 Å². The van der Waals surface area contributed by atoms with Gasteiger partial charge in [-0.25, -0.2) is 4.68 Å². The van der Waals surface area contributed by atoms with Crippen molar-refractivity contribution in [3.05, 3.63) is 44.6 Å². The Kier molecular flexibility index (Phi) is 3.56. The molecule has 0 radical (unpaired) electrons. The van der Waals surface area contributed by atoms with Crippen LogP contribution < -0.4 is 0 Å². The van der Waals surface area contributed by atoms with Gasteiger partial charge in [0.2, 0.25) is 0 Å². The predicted molar refractivity (Wildman–Crippen MR) is 71.7 cm³/mol. The third-order valence-electron chi connectivity index (χ3n) is 2.66. The van der Waals surface area contributed by atoms with Crippen LogP contribution in [0, 0.1) is 13.8 Å². The van der Waals surface area contributed by atoms with Gasteiger partial charge >= 0.3 is 0 Å². The number of aryl methyl sites for hydroxylation is 1. The average Bonchev–Trinajstić information content (AvgIpc) is 2.56. The zero-order valence-corrected chi connectivity index (χ0v) is 11.9. The Bertz CT molecular complexity index is 566. The van der Waals surface area contributed by atoms with E-state index in [1.807, 2.05) is 26.0 Å². The summed E-state index contributed by atoms with van der Waals surface area (Å²) < 4.78 is 2.72.